The third-order valence-corrected chi connectivity index (χ3v) is 4.86. The monoisotopic (exact) mass is 291 g/mol. The number of aromatic nitrogens is 2. The first-order valence-electron chi connectivity index (χ1n) is 7.99. The molecule has 0 saturated carbocycles. The van der Waals surface area contributed by atoms with Crippen LogP contribution in [0.15, 0.2) is 0 Å². The quantitative estimate of drug-likeness (QED) is 0.876. The van der Waals surface area contributed by atoms with E-state index in [1.54, 1.807) is 4.68 Å². The second-order valence-electron chi connectivity index (χ2n) is 6.13. The van der Waals surface area contributed by atoms with Gasteiger partial charge in [0.1, 0.15) is 5.69 Å². The van der Waals surface area contributed by atoms with Crippen molar-refractivity contribution < 1.29 is 4.79 Å². The number of fused-ring (bicyclic) bond motifs is 1. The highest BCUT2D eigenvalue weighted by Crippen LogP contribution is 2.27. The van der Waals surface area contributed by atoms with Crippen molar-refractivity contribution in [3.63, 3.8) is 0 Å². The standard InChI is InChI=1S/C15H25N5O/c1-3-20-14(13(16)10(2)18-20)15(21)17-11-7-9-19-8-5-4-6-12(11)19/h11-12H,3-9,16H2,1-2H3,(H,17,21). The molecular formula is C15H25N5O. The molecule has 2 saturated heterocycles. The Hall–Kier alpha value is -1.56. The van der Waals surface area contributed by atoms with Crippen molar-refractivity contribution in [2.45, 2.75) is 58.2 Å². The van der Waals surface area contributed by atoms with Gasteiger partial charge in [0.25, 0.3) is 5.91 Å². The lowest BCUT2D eigenvalue weighted by Crippen LogP contribution is -2.47. The summed E-state index contributed by atoms with van der Waals surface area (Å²) in [6.45, 7) is 6.74. The van der Waals surface area contributed by atoms with Crippen LogP contribution in [0.3, 0.4) is 0 Å². The van der Waals surface area contributed by atoms with Gasteiger partial charge in [-0.3, -0.25) is 14.4 Å². The number of amides is 1. The molecule has 1 amide bonds. The zero-order valence-corrected chi connectivity index (χ0v) is 12.9. The van der Waals surface area contributed by atoms with Crippen LogP contribution in [-0.2, 0) is 6.54 Å². The van der Waals surface area contributed by atoms with Crippen LogP contribution >= 0.6 is 0 Å². The maximum Gasteiger partial charge on any atom is 0.271 e. The summed E-state index contributed by atoms with van der Waals surface area (Å²) in [5.41, 5.74) is 7.79. The van der Waals surface area contributed by atoms with Gasteiger partial charge < -0.3 is 11.1 Å². The molecule has 3 N–H and O–H groups in total. The molecule has 0 aromatic carbocycles. The molecule has 2 unspecified atom stereocenters. The first kappa shape index (κ1) is 14.4. The van der Waals surface area contributed by atoms with Crippen molar-refractivity contribution in [2.24, 2.45) is 0 Å². The van der Waals surface area contributed by atoms with Crippen molar-refractivity contribution in [3.8, 4) is 0 Å². The maximum atomic E-state index is 12.6. The number of nitrogens with zero attached hydrogens (tertiary/aromatic N) is 3. The summed E-state index contributed by atoms with van der Waals surface area (Å²) in [6.07, 6.45) is 4.77. The van der Waals surface area contributed by atoms with Gasteiger partial charge in [-0.25, -0.2) is 0 Å². The maximum absolute atomic E-state index is 12.6. The number of nitrogen functional groups attached to an aromatic ring is 1. The Morgan fingerprint density at radius 2 is 2.19 bits per heavy atom. The summed E-state index contributed by atoms with van der Waals surface area (Å²) in [5.74, 6) is -0.0765. The molecule has 116 valence electrons. The zero-order valence-electron chi connectivity index (χ0n) is 12.9. The van der Waals surface area contributed by atoms with Crippen LogP contribution in [0.2, 0.25) is 0 Å². The molecule has 6 nitrogen and oxygen atoms in total. The highest BCUT2D eigenvalue weighted by Gasteiger charge is 2.37. The van der Waals surface area contributed by atoms with Gasteiger partial charge in [0.05, 0.1) is 11.4 Å². The van der Waals surface area contributed by atoms with Crippen LogP contribution in [0.5, 0.6) is 0 Å². The molecule has 0 aliphatic carbocycles. The Bertz CT molecular complexity index is 538. The minimum atomic E-state index is -0.0765. The minimum absolute atomic E-state index is 0.0765. The molecule has 1 aromatic rings. The normalized spacial score (nSPS) is 25.8. The topological polar surface area (TPSA) is 76.2 Å². The summed E-state index contributed by atoms with van der Waals surface area (Å²) < 4.78 is 1.70. The smallest absolute Gasteiger partial charge is 0.271 e. The predicted molar refractivity (Wildman–Crippen MR) is 82.1 cm³/mol. The van der Waals surface area contributed by atoms with E-state index in [1.807, 2.05) is 13.8 Å². The van der Waals surface area contributed by atoms with E-state index in [4.69, 9.17) is 5.73 Å². The van der Waals surface area contributed by atoms with Crippen molar-refractivity contribution >= 4 is 11.6 Å². The van der Waals surface area contributed by atoms with E-state index in [2.05, 4.69) is 15.3 Å². The molecule has 3 heterocycles. The van der Waals surface area contributed by atoms with E-state index in [-0.39, 0.29) is 11.9 Å². The van der Waals surface area contributed by atoms with Crippen molar-refractivity contribution in [1.82, 2.24) is 20.0 Å². The number of anilines is 1. The molecule has 0 radical (unpaired) electrons. The molecule has 6 heteroatoms. The Morgan fingerprint density at radius 3 is 2.95 bits per heavy atom. The van der Waals surface area contributed by atoms with Crippen LogP contribution in [0.4, 0.5) is 5.69 Å². The van der Waals surface area contributed by atoms with Gasteiger partial charge >= 0.3 is 0 Å². The van der Waals surface area contributed by atoms with Gasteiger partial charge in [0.2, 0.25) is 0 Å². The lowest BCUT2D eigenvalue weighted by molar-refractivity contribution is 0.0905. The second-order valence-corrected chi connectivity index (χ2v) is 6.13. The molecule has 0 spiro atoms. The highest BCUT2D eigenvalue weighted by molar-refractivity contribution is 5.98. The fourth-order valence-corrected chi connectivity index (χ4v) is 3.72. The fraction of sp³-hybridized carbons (Fsp3) is 0.733. The van der Waals surface area contributed by atoms with Crippen LogP contribution < -0.4 is 11.1 Å². The van der Waals surface area contributed by atoms with Crippen molar-refractivity contribution in [1.29, 1.82) is 0 Å². The van der Waals surface area contributed by atoms with Gasteiger partial charge in [-0.1, -0.05) is 6.42 Å². The van der Waals surface area contributed by atoms with E-state index in [1.165, 1.54) is 25.8 Å². The van der Waals surface area contributed by atoms with Crippen LogP contribution in [-0.4, -0.2) is 45.8 Å². The molecule has 3 rings (SSSR count). The zero-order chi connectivity index (χ0) is 15.0. The number of aryl methyl sites for hydroxylation is 2. The lowest BCUT2D eigenvalue weighted by atomic mass is 9.99. The summed E-state index contributed by atoms with van der Waals surface area (Å²) in [4.78, 5) is 15.1. The Balaban J connectivity index is 1.75. The third-order valence-electron chi connectivity index (χ3n) is 4.86. The number of carbonyl (C=O) groups is 1. The molecule has 2 atom stereocenters. The van der Waals surface area contributed by atoms with E-state index >= 15 is 0 Å². The minimum Gasteiger partial charge on any atom is -0.395 e. The van der Waals surface area contributed by atoms with Crippen molar-refractivity contribution in [3.05, 3.63) is 11.4 Å². The summed E-state index contributed by atoms with van der Waals surface area (Å²) in [6, 6.07) is 0.751. The lowest BCUT2D eigenvalue weighted by Gasteiger charge is -2.32. The van der Waals surface area contributed by atoms with Gasteiger partial charge in [-0.05, 0) is 39.7 Å². The number of hydrogen-bond donors (Lipinski definition) is 2. The van der Waals surface area contributed by atoms with E-state index in [0.29, 0.717) is 24.0 Å². The van der Waals surface area contributed by atoms with Crippen LogP contribution in [0.1, 0.15) is 48.8 Å². The predicted octanol–water partition coefficient (Wildman–Crippen LogP) is 1.15. The number of carbonyl (C=O) groups excluding carboxylic acids is 1. The number of nitrogens with one attached hydrogen (secondary N) is 1. The highest BCUT2D eigenvalue weighted by atomic mass is 16.2. The Labute approximate surface area is 125 Å². The number of piperidine rings is 1. The average Bonchev–Trinajstić information content (AvgIpc) is 3.01. The summed E-state index contributed by atoms with van der Waals surface area (Å²) >= 11 is 0. The van der Waals surface area contributed by atoms with E-state index in [0.717, 1.165) is 18.7 Å². The number of nitrogens with two attached hydrogens (primary N) is 1. The van der Waals surface area contributed by atoms with E-state index < -0.39 is 0 Å². The fourth-order valence-electron chi connectivity index (χ4n) is 3.72. The van der Waals surface area contributed by atoms with Gasteiger partial charge in [0, 0.05) is 25.2 Å². The summed E-state index contributed by atoms with van der Waals surface area (Å²) in [7, 11) is 0. The second kappa shape index (κ2) is 5.67. The van der Waals surface area contributed by atoms with Crippen LogP contribution in [0.25, 0.3) is 0 Å². The van der Waals surface area contributed by atoms with Crippen molar-refractivity contribution in [2.75, 3.05) is 18.8 Å². The Kier molecular flexibility index (Phi) is 3.89. The molecule has 21 heavy (non-hydrogen) atoms. The first-order valence-corrected chi connectivity index (χ1v) is 7.99. The Morgan fingerprint density at radius 1 is 1.38 bits per heavy atom. The summed E-state index contributed by atoms with van der Waals surface area (Å²) in [5, 5.41) is 7.53. The molecule has 2 aliphatic heterocycles. The molecule has 0 bridgehead atoms. The molecule has 2 fully saturated rings. The van der Waals surface area contributed by atoms with Gasteiger partial charge in [0.15, 0.2) is 0 Å². The van der Waals surface area contributed by atoms with Crippen LogP contribution in [0, 0.1) is 6.92 Å². The SMILES string of the molecule is CCn1nc(C)c(N)c1C(=O)NC1CCN2CCCCC12. The average molecular weight is 291 g/mol. The first-order chi connectivity index (χ1) is 10.1. The largest absolute Gasteiger partial charge is 0.395 e. The van der Waals surface area contributed by atoms with Gasteiger partial charge in [-0.2, -0.15) is 5.10 Å². The molecular weight excluding hydrogens is 266 g/mol. The molecule has 2 aliphatic rings. The van der Waals surface area contributed by atoms with Gasteiger partial charge in [-0.15, -0.1) is 0 Å². The number of hydrogen-bond acceptors (Lipinski definition) is 4. The van der Waals surface area contributed by atoms with E-state index in [9.17, 15) is 4.79 Å². The number of rotatable bonds is 3. The molecule has 1 aromatic heterocycles. The third kappa shape index (κ3) is 2.52.